The number of carbonyl (C=O) groups is 1. The molecule has 0 aliphatic carbocycles. The van der Waals surface area contributed by atoms with E-state index in [4.69, 9.17) is 0 Å². The number of aryl methyl sites for hydroxylation is 1. The van der Waals surface area contributed by atoms with Crippen molar-refractivity contribution in [3.05, 3.63) is 64.8 Å². The van der Waals surface area contributed by atoms with Gasteiger partial charge in [0.05, 0.1) is 21.4 Å². The van der Waals surface area contributed by atoms with Gasteiger partial charge in [0, 0.05) is 34.4 Å². The highest BCUT2D eigenvalue weighted by Gasteiger charge is 2.15. The molecule has 0 aliphatic heterocycles. The molecule has 7 heteroatoms. The number of nitrogens with zero attached hydrogens (tertiary/aromatic N) is 3. The Hall–Kier alpha value is -2.77. The summed E-state index contributed by atoms with van der Waals surface area (Å²) in [5.74, 6) is -0.164. The Kier molecular flexibility index (Phi) is 4.63. The molecule has 0 radical (unpaired) electrons. The van der Waals surface area contributed by atoms with Gasteiger partial charge in [0.25, 0.3) is 5.91 Å². The van der Waals surface area contributed by atoms with Crippen molar-refractivity contribution in [2.75, 3.05) is 5.32 Å². The van der Waals surface area contributed by atoms with Crippen LogP contribution in [0, 0.1) is 13.8 Å². The number of thiazole rings is 2. The van der Waals surface area contributed by atoms with Crippen molar-refractivity contribution in [3.63, 3.8) is 0 Å². The number of aromatic nitrogens is 3. The van der Waals surface area contributed by atoms with Crippen molar-refractivity contribution in [1.29, 1.82) is 0 Å². The van der Waals surface area contributed by atoms with Crippen molar-refractivity contribution in [3.8, 4) is 11.3 Å². The monoisotopic (exact) mass is 394 g/mol. The first kappa shape index (κ1) is 17.6. The van der Waals surface area contributed by atoms with Gasteiger partial charge in [0.15, 0.2) is 5.13 Å². The summed E-state index contributed by atoms with van der Waals surface area (Å²) >= 11 is 2.95. The summed E-state index contributed by atoms with van der Waals surface area (Å²) in [6.45, 7) is 8.74. The first-order chi connectivity index (χ1) is 13.1. The Bertz CT molecular complexity index is 1150. The van der Waals surface area contributed by atoms with Gasteiger partial charge in [0.2, 0.25) is 0 Å². The zero-order valence-corrected chi connectivity index (χ0v) is 16.7. The molecule has 3 aromatic heterocycles. The van der Waals surface area contributed by atoms with E-state index in [0.717, 1.165) is 33.7 Å². The molecule has 1 N–H and O–H groups in total. The molecule has 0 bridgehead atoms. The standard InChI is InChI=1S/C20H18N4OS2/c1-4-7-24-12(2)8-15(13(24)3)17-10-26-20(22-17)23-19(25)14-5-6-16-18(9-14)27-11-21-16/h4-6,8-11H,1,7H2,2-3H3,(H,22,23,25). The summed E-state index contributed by atoms with van der Waals surface area (Å²) < 4.78 is 3.20. The van der Waals surface area contributed by atoms with Gasteiger partial charge in [-0.05, 0) is 38.1 Å². The molecular formula is C20H18N4OS2. The molecule has 0 atom stereocenters. The molecule has 0 saturated heterocycles. The van der Waals surface area contributed by atoms with Crippen molar-refractivity contribution in [1.82, 2.24) is 14.5 Å². The molecule has 0 saturated carbocycles. The lowest BCUT2D eigenvalue weighted by molar-refractivity contribution is 0.102. The molecule has 1 amide bonds. The molecule has 136 valence electrons. The molecule has 0 unspecified atom stereocenters. The molecule has 4 aromatic rings. The number of benzene rings is 1. The maximum atomic E-state index is 12.6. The third-order valence-electron chi connectivity index (χ3n) is 4.48. The third kappa shape index (κ3) is 3.31. The molecule has 3 heterocycles. The van der Waals surface area contributed by atoms with Crippen LogP contribution in [0.5, 0.6) is 0 Å². The number of nitrogens with one attached hydrogen (secondary N) is 1. The van der Waals surface area contributed by atoms with Gasteiger partial charge >= 0.3 is 0 Å². The number of allylic oxidation sites excluding steroid dienone is 1. The second-order valence-corrected chi connectivity index (χ2v) is 7.96. The van der Waals surface area contributed by atoms with Gasteiger partial charge < -0.3 is 4.57 Å². The number of rotatable bonds is 5. The van der Waals surface area contributed by atoms with Crippen LogP contribution in [0.3, 0.4) is 0 Å². The first-order valence-electron chi connectivity index (χ1n) is 8.45. The van der Waals surface area contributed by atoms with Crippen LogP contribution in [0.1, 0.15) is 21.7 Å². The summed E-state index contributed by atoms with van der Waals surface area (Å²) in [5.41, 5.74) is 7.55. The summed E-state index contributed by atoms with van der Waals surface area (Å²) in [6, 6.07) is 7.63. The third-order valence-corrected chi connectivity index (χ3v) is 6.03. The Morgan fingerprint density at radius 2 is 2.15 bits per heavy atom. The highest BCUT2D eigenvalue weighted by Crippen LogP contribution is 2.30. The van der Waals surface area contributed by atoms with Gasteiger partial charge in [-0.1, -0.05) is 6.08 Å². The van der Waals surface area contributed by atoms with E-state index in [0.29, 0.717) is 10.7 Å². The normalized spacial score (nSPS) is 11.0. The Morgan fingerprint density at radius 1 is 1.30 bits per heavy atom. The van der Waals surface area contributed by atoms with E-state index < -0.39 is 0 Å². The minimum atomic E-state index is -0.164. The van der Waals surface area contributed by atoms with E-state index >= 15 is 0 Å². The lowest BCUT2D eigenvalue weighted by atomic mass is 10.2. The largest absolute Gasteiger partial charge is 0.345 e. The van der Waals surface area contributed by atoms with E-state index in [1.807, 2.05) is 23.6 Å². The van der Waals surface area contributed by atoms with Crippen molar-refractivity contribution >= 4 is 43.9 Å². The average Bonchev–Trinajstić information content (AvgIpc) is 3.36. The number of hydrogen-bond acceptors (Lipinski definition) is 5. The van der Waals surface area contributed by atoms with E-state index in [-0.39, 0.29) is 5.91 Å². The van der Waals surface area contributed by atoms with Crippen LogP contribution in [0.4, 0.5) is 5.13 Å². The predicted octanol–water partition coefficient (Wildman–Crippen LogP) is 5.28. The summed E-state index contributed by atoms with van der Waals surface area (Å²) in [5, 5.41) is 5.47. The lowest BCUT2D eigenvalue weighted by Crippen LogP contribution is -2.11. The molecular weight excluding hydrogens is 376 g/mol. The van der Waals surface area contributed by atoms with Gasteiger partial charge in [-0.2, -0.15) is 0 Å². The maximum Gasteiger partial charge on any atom is 0.257 e. The van der Waals surface area contributed by atoms with Crippen molar-refractivity contribution in [2.45, 2.75) is 20.4 Å². The Morgan fingerprint density at radius 3 is 2.96 bits per heavy atom. The summed E-state index contributed by atoms with van der Waals surface area (Å²) in [4.78, 5) is 21.4. The average molecular weight is 395 g/mol. The number of amides is 1. The summed E-state index contributed by atoms with van der Waals surface area (Å²) in [6.07, 6.45) is 1.89. The molecule has 5 nitrogen and oxygen atoms in total. The molecule has 27 heavy (non-hydrogen) atoms. The first-order valence-corrected chi connectivity index (χ1v) is 10.2. The Balaban J connectivity index is 1.56. The zero-order valence-electron chi connectivity index (χ0n) is 15.0. The predicted molar refractivity (Wildman–Crippen MR) is 113 cm³/mol. The minimum absolute atomic E-state index is 0.164. The number of hydrogen-bond donors (Lipinski definition) is 1. The van der Waals surface area contributed by atoms with E-state index in [1.165, 1.54) is 28.4 Å². The van der Waals surface area contributed by atoms with Gasteiger partial charge in [-0.25, -0.2) is 9.97 Å². The highest BCUT2D eigenvalue weighted by molar-refractivity contribution is 7.16. The fraction of sp³-hybridized carbons (Fsp3) is 0.150. The lowest BCUT2D eigenvalue weighted by Gasteiger charge is -2.05. The van der Waals surface area contributed by atoms with Crippen molar-refractivity contribution < 1.29 is 4.79 Å². The second-order valence-electron chi connectivity index (χ2n) is 6.21. The van der Waals surface area contributed by atoms with Crippen molar-refractivity contribution in [2.24, 2.45) is 0 Å². The number of anilines is 1. The zero-order chi connectivity index (χ0) is 19.0. The fourth-order valence-corrected chi connectivity index (χ4v) is 4.51. The van der Waals surface area contributed by atoms with Crippen LogP contribution < -0.4 is 5.32 Å². The van der Waals surface area contributed by atoms with Gasteiger partial charge in [-0.3, -0.25) is 10.1 Å². The molecule has 0 spiro atoms. The topological polar surface area (TPSA) is 59.8 Å². The number of carbonyl (C=O) groups excluding carboxylic acids is 1. The van der Waals surface area contributed by atoms with Crippen LogP contribution in [0.2, 0.25) is 0 Å². The minimum Gasteiger partial charge on any atom is -0.345 e. The second kappa shape index (κ2) is 7.09. The van der Waals surface area contributed by atoms with Gasteiger partial charge in [-0.15, -0.1) is 29.3 Å². The van der Waals surface area contributed by atoms with Crippen LogP contribution in [-0.2, 0) is 6.54 Å². The van der Waals surface area contributed by atoms with Gasteiger partial charge in [0.1, 0.15) is 0 Å². The molecule has 1 aromatic carbocycles. The SMILES string of the molecule is C=CCn1c(C)cc(-c2csc(NC(=O)c3ccc4ncsc4c3)n2)c1C. The quantitative estimate of drug-likeness (QED) is 0.469. The molecule has 0 fully saturated rings. The molecule has 4 rings (SSSR count). The maximum absolute atomic E-state index is 12.6. The molecule has 0 aliphatic rings. The number of fused-ring (bicyclic) bond motifs is 1. The highest BCUT2D eigenvalue weighted by atomic mass is 32.1. The van der Waals surface area contributed by atoms with E-state index in [1.54, 1.807) is 11.6 Å². The summed E-state index contributed by atoms with van der Waals surface area (Å²) in [7, 11) is 0. The van der Waals surface area contributed by atoms with Crippen LogP contribution in [0.15, 0.2) is 47.8 Å². The van der Waals surface area contributed by atoms with E-state index in [2.05, 4.69) is 46.3 Å². The van der Waals surface area contributed by atoms with Crippen LogP contribution in [-0.4, -0.2) is 20.4 Å². The van der Waals surface area contributed by atoms with Crippen LogP contribution >= 0.6 is 22.7 Å². The fourth-order valence-electron chi connectivity index (χ4n) is 3.09. The smallest absolute Gasteiger partial charge is 0.257 e. The Labute approximate surface area is 165 Å². The van der Waals surface area contributed by atoms with Crippen LogP contribution in [0.25, 0.3) is 21.5 Å². The van der Waals surface area contributed by atoms with E-state index in [9.17, 15) is 4.79 Å².